The maximum atomic E-state index is 3.58. The van der Waals surface area contributed by atoms with Gasteiger partial charge in [0.15, 0.2) is 0 Å². The van der Waals surface area contributed by atoms with Crippen LogP contribution >= 0.6 is 0 Å². The molecule has 0 radical (unpaired) electrons. The van der Waals surface area contributed by atoms with Crippen molar-refractivity contribution in [1.82, 2.24) is 10.2 Å². The van der Waals surface area contributed by atoms with Crippen molar-refractivity contribution in [2.75, 3.05) is 26.2 Å². The molecule has 1 aliphatic rings. The predicted octanol–water partition coefficient (Wildman–Crippen LogP) is 1.53. The second kappa shape index (κ2) is 6.44. The van der Waals surface area contributed by atoms with Crippen LogP contribution in [0.25, 0.3) is 0 Å². The summed E-state index contributed by atoms with van der Waals surface area (Å²) in [5.74, 6) is 6.12. The minimum atomic E-state index is 0.560. The second-order valence-electron chi connectivity index (χ2n) is 4.50. The number of piperazine rings is 1. The normalized spacial score (nSPS) is 20.6. The lowest BCUT2D eigenvalue weighted by Gasteiger charge is -2.32. The van der Waals surface area contributed by atoms with Crippen LogP contribution in [-0.4, -0.2) is 37.1 Å². The van der Waals surface area contributed by atoms with Gasteiger partial charge in [0.05, 0.1) is 6.54 Å². The molecular formula is C15H20N2. The highest BCUT2D eigenvalue weighted by Gasteiger charge is 2.18. The molecule has 1 atom stereocenters. The van der Waals surface area contributed by atoms with E-state index in [1.54, 1.807) is 0 Å². The SMILES string of the molecule is CC#CCN1CCNC(Cc2ccccc2)C1. The molecule has 1 saturated heterocycles. The number of nitrogens with zero attached hydrogens (tertiary/aromatic N) is 1. The van der Waals surface area contributed by atoms with Crippen LogP contribution in [0.4, 0.5) is 0 Å². The third-order valence-corrected chi connectivity index (χ3v) is 3.14. The van der Waals surface area contributed by atoms with Gasteiger partial charge in [0.2, 0.25) is 0 Å². The first-order valence-electron chi connectivity index (χ1n) is 6.28. The van der Waals surface area contributed by atoms with E-state index < -0.39 is 0 Å². The minimum absolute atomic E-state index is 0.560. The molecule has 0 saturated carbocycles. The number of hydrogen-bond donors (Lipinski definition) is 1. The number of rotatable bonds is 3. The average molecular weight is 228 g/mol. The molecule has 2 heteroatoms. The number of hydrogen-bond acceptors (Lipinski definition) is 2. The van der Waals surface area contributed by atoms with Gasteiger partial charge in [-0.15, -0.1) is 5.92 Å². The number of nitrogens with one attached hydrogen (secondary N) is 1. The highest BCUT2D eigenvalue weighted by molar-refractivity contribution is 5.16. The fraction of sp³-hybridized carbons (Fsp3) is 0.467. The maximum Gasteiger partial charge on any atom is 0.0602 e. The second-order valence-corrected chi connectivity index (χ2v) is 4.50. The van der Waals surface area contributed by atoms with Gasteiger partial charge < -0.3 is 5.32 Å². The zero-order valence-electron chi connectivity index (χ0n) is 10.4. The van der Waals surface area contributed by atoms with Gasteiger partial charge in [0.1, 0.15) is 0 Å². The summed E-state index contributed by atoms with van der Waals surface area (Å²) in [4.78, 5) is 2.43. The Bertz CT molecular complexity index is 388. The van der Waals surface area contributed by atoms with Crippen molar-refractivity contribution in [3.05, 3.63) is 35.9 Å². The van der Waals surface area contributed by atoms with E-state index in [-0.39, 0.29) is 0 Å². The molecule has 17 heavy (non-hydrogen) atoms. The van der Waals surface area contributed by atoms with Gasteiger partial charge in [-0.3, -0.25) is 4.90 Å². The molecule has 0 amide bonds. The van der Waals surface area contributed by atoms with E-state index in [1.165, 1.54) is 5.56 Å². The molecule has 1 N–H and O–H groups in total. The average Bonchev–Trinajstić information content (AvgIpc) is 2.38. The van der Waals surface area contributed by atoms with Crippen LogP contribution in [0.3, 0.4) is 0 Å². The van der Waals surface area contributed by atoms with Gasteiger partial charge in [-0.05, 0) is 18.9 Å². The molecule has 1 heterocycles. The summed E-state index contributed by atoms with van der Waals surface area (Å²) in [7, 11) is 0. The summed E-state index contributed by atoms with van der Waals surface area (Å²) >= 11 is 0. The van der Waals surface area contributed by atoms with Crippen molar-refractivity contribution in [3.8, 4) is 11.8 Å². The first kappa shape index (κ1) is 12.2. The van der Waals surface area contributed by atoms with Crippen molar-refractivity contribution in [3.63, 3.8) is 0 Å². The summed E-state index contributed by atoms with van der Waals surface area (Å²) in [6, 6.07) is 11.3. The molecule has 0 bridgehead atoms. The van der Waals surface area contributed by atoms with Gasteiger partial charge in [0.25, 0.3) is 0 Å². The molecule has 90 valence electrons. The van der Waals surface area contributed by atoms with Crippen molar-refractivity contribution >= 4 is 0 Å². The van der Waals surface area contributed by atoms with Crippen molar-refractivity contribution in [2.24, 2.45) is 0 Å². The van der Waals surface area contributed by atoms with Gasteiger partial charge in [-0.1, -0.05) is 36.3 Å². The van der Waals surface area contributed by atoms with Gasteiger partial charge >= 0.3 is 0 Å². The Kier molecular flexibility index (Phi) is 4.61. The largest absolute Gasteiger partial charge is 0.311 e. The van der Waals surface area contributed by atoms with Crippen LogP contribution in [0.2, 0.25) is 0 Å². The first-order valence-corrected chi connectivity index (χ1v) is 6.28. The topological polar surface area (TPSA) is 15.3 Å². The Morgan fingerprint density at radius 2 is 2.18 bits per heavy atom. The molecule has 2 nitrogen and oxygen atoms in total. The summed E-state index contributed by atoms with van der Waals surface area (Å²) in [5, 5.41) is 3.58. The Morgan fingerprint density at radius 1 is 1.35 bits per heavy atom. The van der Waals surface area contributed by atoms with Crippen LogP contribution in [0.1, 0.15) is 12.5 Å². The summed E-state index contributed by atoms with van der Waals surface area (Å²) in [6.07, 6.45) is 1.11. The highest BCUT2D eigenvalue weighted by Crippen LogP contribution is 2.07. The van der Waals surface area contributed by atoms with Crippen LogP contribution in [-0.2, 0) is 6.42 Å². The van der Waals surface area contributed by atoms with E-state index in [0.29, 0.717) is 6.04 Å². The van der Waals surface area contributed by atoms with Crippen molar-refractivity contribution < 1.29 is 0 Å². The zero-order valence-corrected chi connectivity index (χ0v) is 10.4. The van der Waals surface area contributed by atoms with Gasteiger partial charge in [-0.2, -0.15) is 0 Å². The molecule has 0 aromatic heterocycles. The Morgan fingerprint density at radius 3 is 2.94 bits per heavy atom. The van der Waals surface area contributed by atoms with Crippen LogP contribution < -0.4 is 5.32 Å². The summed E-state index contributed by atoms with van der Waals surface area (Å²) in [5.41, 5.74) is 1.41. The van der Waals surface area contributed by atoms with E-state index in [9.17, 15) is 0 Å². The lowest BCUT2D eigenvalue weighted by molar-refractivity contribution is 0.220. The molecular weight excluding hydrogens is 208 g/mol. The predicted molar refractivity (Wildman–Crippen MR) is 71.8 cm³/mol. The van der Waals surface area contributed by atoms with Crippen LogP contribution in [0.15, 0.2) is 30.3 Å². The fourth-order valence-electron chi connectivity index (χ4n) is 2.26. The quantitative estimate of drug-likeness (QED) is 0.789. The fourth-order valence-corrected chi connectivity index (χ4v) is 2.26. The highest BCUT2D eigenvalue weighted by atomic mass is 15.2. The van der Waals surface area contributed by atoms with Gasteiger partial charge in [0, 0.05) is 25.7 Å². The first-order chi connectivity index (χ1) is 8.38. The molecule has 0 aliphatic carbocycles. The molecule has 0 spiro atoms. The summed E-state index contributed by atoms with van der Waals surface area (Å²) in [6.45, 7) is 6.10. The third kappa shape index (κ3) is 3.89. The molecule has 1 unspecified atom stereocenters. The molecule has 1 aromatic rings. The van der Waals surface area contributed by atoms with Gasteiger partial charge in [-0.25, -0.2) is 0 Å². The third-order valence-electron chi connectivity index (χ3n) is 3.14. The van der Waals surface area contributed by atoms with Crippen molar-refractivity contribution in [2.45, 2.75) is 19.4 Å². The van der Waals surface area contributed by atoms with Crippen molar-refractivity contribution in [1.29, 1.82) is 0 Å². The Labute approximate surface area is 104 Å². The molecule has 1 fully saturated rings. The van der Waals surface area contributed by atoms with E-state index in [4.69, 9.17) is 0 Å². The lowest BCUT2D eigenvalue weighted by atomic mass is 10.0. The monoisotopic (exact) mass is 228 g/mol. The molecule has 2 rings (SSSR count). The van der Waals surface area contributed by atoms with E-state index in [0.717, 1.165) is 32.6 Å². The zero-order chi connectivity index (χ0) is 11.9. The van der Waals surface area contributed by atoms with E-state index in [2.05, 4.69) is 52.4 Å². The van der Waals surface area contributed by atoms with Crippen LogP contribution in [0.5, 0.6) is 0 Å². The summed E-state index contributed by atoms with van der Waals surface area (Å²) < 4.78 is 0. The standard InChI is InChI=1S/C15H20N2/c1-2-3-10-17-11-9-16-15(13-17)12-14-7-5-4-6-8-14/h4-8,15-16H,9-13H2,1H3. The van der Waals surface area contributed by atoms with E-state index >= 15 is 0 Å². The van der Waals surface area contributed by atoms with E-state index in [1.807, 2.05) is 6.92 Å². The molecule has 1 aliphatic heterocycles. The minimum Gasteiger partial charge on any atom is -0.311 e. The van der Waals surface area contributed by atoms with Crippen LogP contribution in [0, 0.1) is 11.8 Å². The maximum absolute atomic E-state index is 3.58. The Balaban J connectivity index is 1.86. The smallest absolute Gasteiger partial charge is 0.0602 e. The Hall–Kier alpha value is -1.30. The lowest BCUT2D eigenvalue weighted by Crippen LogP contribution is -2.51. The molecule has 1 aromatic carbocycles. The number of benzene rings is 1.